The molecule has 0 spiro atoms. The fraction of sp³-hybridized carbons (Fsp3) is 0.125. The van der Waals surface area contributed by atoms with Crippen molar-refractivity contribution in [2.24, 2.45) is 0 Å². The number of carbonyl (C=O) groups is 1. The number of rotatable bonds is 2. The first-order chi connectivity index (χ1) is 11.1. The molecule has 0 radical (unpaired) electrons. The van der Waals surface area contributed by atoms with Crippen LogP contribution in [0, 0.1) is 11.3 Å². The monoisotopic (exact) mass is 340 g/mol. The lowest BCUT2D eigenvalue weighted by molar-refractivity contribution is 0.241. The summed E-state index contributed by atoms with van der Waals surface area (Å²) in [7, 11) is 3.44. The molecular formula is C16H12N4OS2. The number of hydrogen-bond donors (Lipinski definition) is 0. The summed E-state index contributed by atoms with van der Waals surface area (Å²) in [5, 5.41) is 8.89. The Morgan fingerprint density at radius 3 is 2.57 bits per heavy atom. The molecule has 0 bridgehead atoms. The maximum atomic E-state index is 12.1. The van der Waals surface area contributed by atoms with Gasteiger partial charge in [-0.1, -0.05) is 12.1 Å². The molecule has 1 amide bonds. The number of carbonyl (C=O) groups excluding carboxylic acids is 1. The van der Waals surface area contributed by atoms with Gasteiger partial charge in [0.25, 0.3) is 5.24 Å². The van der Waals surface area contributed by atoms with Gasteiger partial charge >= 0.3 is 0 Å². The molecule has 0 saturated heterocycles. The highest BCUT2D eigenvalue weighted by atomic mass is 32.2. The number of thioether (sulfide) groups is 1. The smallest absolute Gasteiger partial charge is 0.285 e. The molecule has 0 atom stereocenters. The van der Waals surface area contributed by atoms with E-state index in [1.54, 1.807) is 26.2 Å². The predicted octanol–water partition coefficient (Wildman–Crippen LogP) is 4.00. The third kappa shape index (κ3) is 3.04. The Morgan fingerprint density at radius 2 is 1.91 bits per heavy atom. The van der Waals surface area contributed by atoms with Crippen LogP contribution in [0.1, 0.15) is 5.56 Å². The minimum atomic E-state index is -0.0533. The summed E-state index contributed by atoms with van der Waals surface area (Å²) >= 11 is 2.31. The van der Waals surface area contributed by atoms with Gasteiger partial charge in [-0.05, 0) is 41.6 Å². The van der Waals surface area contributed by atoms with E-state index in [0.29, 0.717) is 5.56 Å². The van der Waals surface area contributed by atoms with Gasteiger partial charge in [-0.15, -0.1) is 0 Å². The van der Waals surface area contributed by atoms with Crippen molar-refractivity contribution in [2.75, 3.05) is 14.1 Å². The lowest BCUT2D eigenvalue weighted by Crippen LogP contribution is -2.16. The van der Waals surface area contributed by atoms with Crippen LogP contribution in [0.2, 0.25) is 0 Å². The van der Waals surface area contributed by atoms with E-state index in [9.17, 15) is 4.79 Å². The number of hydrogen-bond acceptors (Lipinski definition) is 6. The standard InChI is InChI=1S/C16H12N4OS2/c1-20(2)16(21)22-13-8-7-12-15(19-23-18-12)14(13)11-5-3-10(9-17)4-6-11/h3-8H,1-2H3. The Hall–Kier alpha value is -2.43. The highest BCUT2D eigenvalue weighted by molar-refractivity contribution is 8.13. The Bertz CT molecular complexity index is 910. The number of nitriles is 1. The summed E-state index contributed by atoms with van der Waals surface area (Å²) in [6, 6.07) is 13.1. The van der Waals surface area contributed by atoms with E-state index in [-0.39, 0.29) is 5.24 Å². The van der Waals surface area contributed by atoms with E-state index in [2.05, 4.69) is 14.8 Å². The lowest BCUT2D eigenvalue weighted by Gasteiger charge is -2.13. The number of fused-ring (bicyclic) bond motifs is 1. The van der Waals surface area contributed by atoms with Crippen molar-refractivity contribution in [1.82, 2.24) is 13.6 Å². The lowest BCUT2D eigenvalue weighted by atomic mass is 10.0. The fourth-order valence-electron chi connectivity index (χ4n) is 2.09. The summed E-state index contributed by atoms with van der Waals surface area (Å²) in [6.45, 7) is 0. The molecule has 5 nitrogen and oxygen atoms in total. The second kappa shape index (κ2) is 6.36. The molecule has 7 heteroatoms. The Labute approximate surface area is 141 Å². The van der Waals surface area contributed by atoms with Crippen LogP contribution in [-0.4, -0.2) is 33.0 Å². The number of amides is 1. The van der Waals surface area contributed by atoms with E-state index in [1.807, 2.05) is 24.3 Å². The molecule has 0 unspecified atom stereocenters. The molecule has 0 N–H and O–H groups in total. The molecule has 3 rings (SSSR count). The molecule has 0 aliphatic heterocycles. The molecule has 1 heterocycles. The molecule has 2 aromatic carbocycles. The summed E-state index contributed by atoms with van der Waals surface area (Å²) in [5.41, 5.74) is 3.96. The van der Waals surface area contributed by atoms with Crippen molar-refractivity contribution in [3.05, 3.63) is 42.0 Å². The van der Waals surface area contributed by atoms with Crippen molar-refractivity contribution in [1.29, 1.82) is 5.26 Å². The average Bonchev–Trinajstić information content (AvgIpc) is 3.03. The Kier molecular flexibility index (Phi) is 4.28. The van der Waals surface area contributed by atoms with Gasteiger partial charge in [0.2, 0.25) is 0 Å². The maximum absolute atomic E-state index is 12.1. The van der Waals surface area contributed by atoms with E-state index < -0.39 is 0 Å². The highest BCUT2D eigenvalue weighted by Gasteiger charge is 2.17. The summed E-state index contributed by atoms with van der Waals surface area (Å²) < 4.78 is 8.65. The molecule has 0 saturated carbocycles. The van der Waals surface area contributed by atoms with Crippen molar-refractivity contribution < 1.29 is 4.79 Å². The van der Waals surface area contributed by atoms with Crippen molar-refractivity contribution >= 4 is 39.8 Å². The van der Waals surface area contributed by atoms with Gasteiger partial charge in [0.1, 0.15) is 11.0 Å². The van der Waals surface area contributed by atoms with Gasteiger partial charge in [-0.25, -0.2) is 0 Å². The molecule has 3 aromatic rings. The van der Waals surface area contributed by atoms with Crippen molar-refractivity contribution in [2.45, 2.75) is 4.90 Å². The zero-order chi connectivity index (χ0) is 16.4. The van der Waals surface area contributed by atoms with Crippen LogP contribution < -0.4 is 0 Å². The van der Waals surface area contributed by atoms with Crippen LogP contribution >= 0.6 is 23.5 Å². The molecule has 0 aliphatic rings. The first kappa shape index (κ1) is 15.5. The third-order valence-electron chi connectivity index (χ3n) is 3.25. The van der Waals surface area contributed by atoms with Crippen molar-refractivity contribution in [3.63, 3.8) is 0 Å². The zero-order valence-corrected chi connectivity index (χ0v) is 14.1. The van der Waals surface area contributed by atoms with Gasteiger partial charge in [0, 0.05) is 24.6 Å². The van der Waals surface area contributed by atoms with Crippen LogP contribution in [-0.2, 0) is 0 Å². The first-order valence-corrected chi connectivity index (χ1v) is 8.30. The van der Waals surface area contributed by atoms with E-state index in [0.717, 1.165) is 50.5 Å². The van der Waals surface area contributed by atoms with Crippen molar-refractivity contribution in [3.8, 4) is 17.2 Å². The van der Waals surface area contributed by atoms with E-state index in [1.165, 1.54) is 4.90 Å². The second-order valence-corrected chi connectivity index (χ2v) is 6.54. The van der Waals surface area contributed by atoms with Gasteiger partial charge in [0.15, 0.2) is 0 Å². The normalized spacial score (nSPS) is 10.5. The largest absolute Gasteiger partial charge is 0.339 e. The van der Waals surface area contributed by atoms with Gasteiger partial charge in [-0.3, -0.25) is 4.79 Å². The summed E-state index contributed by atoms with van der Waals surface area (Å²) in [5.74, 6) is 0. The van der Waals surface area contributed by atoms with Gasteiger partial charge in [-0.2, -0.15) is 14.0 Å². The SMILES string of the molecule is CN(C)C(=O)Sc1ccc2nsnc2c1-c1ccc(C#N)cc1. The Balaban J connectivity index is 2.16. The molecule has 23 heavy (non-hydrogen) atoms. The van der Waals surface area contributed by atoms with Gasteiger partial charge < -0.3 is 4.90 Å². The third-order valence-corrected chi connectivity index (χ3v) is 4.90. The summed E-state index contributed by atoms with van der Waals surface area (Å²) in [4.78, 5) is 14.4. The zero-order valence-electron chi connectivity index (χ0n) is 12.5. The average molecular weight is 340 g/mol. The first-order valence-electron chi connectivity index (χ1n) is 6.75. The molecule has 0 fully saturated rings. The van der Waals surface area contributed by atoms with E-state index >= 15 is 0 Å². The van der Waals surface area contributed by atoms with Crippen LogP contribution in [0.4, 0.5) is 4.79 Å². The molecule has 1 aromatic heterocycles. The second-order valence-electron chi connectivity index (χ2n) is 5.02. The number of aromatic nitrogens is 2. The quantitative estimate of drug-likeness (QED) is 0.659. The fourth-order valence-corrected chi connectivity index (χ4v) is 3.46. The number of benzene rings is 2. The van der Waals surface area contributed by atoms with Crippen LogP contribution in [0.5, 0.6) is 0 Å². The minimum absolute atomic E-state index is 0.0533. The van der Waals surface area contributed by atoms with Crippen LogP contribution in [0.25, 0.3) is 22.2 Å². The van der Waals surface area contributed by atoms with Gasteiger partial charge in [0.05, 0.1) is 23.4 Å². The molecule has 0 aliphatic carbocycles. The highest BCUT2D eigenvalue weighted by Crippen LogP contribution is 2.37. The minimum Gasteiger partial charge on any atom is -0.339 e. The molecular weight excluding hydrogens is 328 g/mol. The van der Waals surface area contributed by atoms with E-state index in [4.69, 9.17) is 5.26 Å². The topological polar surface area (TPSA) is 69.9 Å². The predicted molar refractivity (Wildman–Crippen MR) is 92.5 cm³/mol. The molecule has 114 valence electrons. The Morgan fingerprint density at radius 1 is 1.17 bits per heavy atom. The van der Waals surface area contributed by atoms with Crippen LogP contribution in [0.3, 0.4) is 0 Å². The maximum Gasteiger partial charge on any atom is 0.285 e. The summed E-state index contributed by atoms with van der Waals surface area (Å²) in [6.07, 6.45) is 0. The van der Waals surface area contributed by atoms with Crippen LogP contribution in [0.15, 0.2) is 41.3 Å². The number of nitrogens with zero attached hydrogens (tertiary/aromatic N) is 4.